The molecule has 1 amide bonds. The Hall–Kier alpha value is -2.08. The molecule has 6 heteroatoms. The number of hydrogen-bond acceptors (Lipinski definition) is 5. The number of carbonyl (C=O) groups excluding carboxylic acids is 1. The van der Waals surface area contributed by atoms with E-state index in [2.05, 4.69) is 10.3 Å². The molecule has 1 aromatic heterocycles. The van der Waals surface area contributed by atoms with Gasteiger partial charge in [-0.2, -0.15) is 0 Å². The molecule has 0 aliphatic heterocycles. The molecule has 2 aromatic rings. The summed E-state index contributed by atoms with van der Waals surface area (Å²) in [7, 11) is 1.46. The van der Waals surface area contributed by atoms with Crippen LogP contribution >= 0.6 is 11.3 Å². The van der Waals surface area contributed by atoms with Crippen molar-refractivity contribution in [3.63, 3.8) is 0 Å². The zero-order chi connectivity index (χ0) is 13.8. The third-order valence-electron chi connectivity index (χ3n) is 2.61. The largest absolute Gasteiger partial charge is 0.504 e. The SMILES string of the molecule is COc1ccc(C(=O)NC(C)c2nccs2)cc1O. The highest BCUT2D eigenvalue weighted by atomic mass is 32.1. The smallest absolute Gasteiger partial charge is 0.251 e. The number of nitrogens with one attached hydrogen (secondary N) is 1. The van der Waals surface area contributed by atoms with Crippen molar-refractivity contribution in [3.05, 3.63) is 40.3 Å². The van der Waals surface area contributed by atoms with Gasteiger partial charge in [-0.05, 0) is 25.1 Å². The Morgan fingerprint density at radius 2 is 2.32 bits per heavy atom. The number of thiazole rings is 1. The van der Waals surface area contributed by atoms with Gasteiger partial charge >= 0.3 is 0 Å². The van der Waals surface area contributed by atoms with E-state index >= 15 is 0 Å². The summed E-state index contributed by atoms with van der Waals surface area (Å²) in [6, 6.07) is 4.36. The summed E-state index contributed by atoms with van der Waals surface area (Å²) in [5, 5.41) is 15.2. The van der Waals surface area contributed by atoms with Gasteiger partial charge in [-0.25, -0.2) is 4.98 Å². The summed E-state index contributed by atoms with van der Waals surface area (Å²) in [5.41, 5.74) is 0.377. The standard InChI is InChI=1S/C13H14N2O3S/c1-8(13-14-5-6-19-13)15-12(17)9-3-4-11(18-2)10(16)7-9/h3-8,16H,1-2H3,(H,15,17). The summed E-state index contributed by atoms with van der Waals surface area (Å²) < 4.78 is 4.93. The molecule has 5 nitrogen and oxygen atoms in total. The number of hydrogen-bond donors (Lipinski definition) is 2. The maximum Gasteiger partial charge on any atom is 0.251 e. The Bertz CT molecular complexity index is 569. The fraction of sp³-hybridized carbons (Fsp3) is 0.231. The Morgan fingerprint density at radius 3 is 2.89 bits per heavy atom. The highest BCUT2D eigenvalue weighted by Crippen LogP contribution is 2.26. The first-order valence-electron chi connectivity index (χ1n) is 5.69. The van der Waals surface area contributed by atoms with Gasteiger partial charge in [0.05, 0.1) is 13.2 Å². The van der Waals surface area contributed by atoms with Crippen LogP contribution in [0.25, 0.3) is 0 Å². The van der Waals surface area contributed by atoms with Crippen LogP contribution in [-0.4, -0.2) is 23.1 Å². The summed E-state index contributed by atoms with van der Waals surface area (Å²) in [6.07, 6.45) is 1.70. The normalized spacial score (nSPS) is 11.9. The zero-order valence-electron chi connectivity index (χ0n) is 10.6. The van der Waals surface area contributed by atoms with Crippen LogP contribution in [0.1, 0.15) is 28.3 Å². The van der Waals surface area contributed by atoms with Gasteiger partial charge in [0, 0.05) is 17.1 Å². The number of benzene rings is 1. The molecule has 1 unspecified atom stereocenters. The molecule has 0 bridgehead atoms. The predicted octanol–water partition coefficient (Wildman–Crippen LogP) is 2.35. The number of amides is 1. The summed E-state index contributed by atoms with van der Waals surface area (Å²) in [6.45, 7) is 1.86. The molecule has 1 heterocycles. The molecule has 1 aromatic carbocycles. The van der Waals surface area contributed by atoms with Gasteiger partial charge in [-0.1, -0.05) is 0 Å². The van der Waals surface area contributed by atoms with E-state index in [-0.39, 0.29) is 17.7 Å². The monoisotopic (exact) mass is 278 g/mol. The molecule has 0 aliphatic rings. The van der Waals surface area contributed by atoms with E-state index in [1.807, 2.05) is 12.3 Å². The fourth-order valence-electron chi connectivity index (χ4n) is 1.62. The van der Waals surface area contributed by atoms with Crippen molar-refractivity contribution >= 4 is 17.2 Å². The minimum absolute atomic E-state index is 0.0583. The first kappa shape index (κ1) is 13.4. The average molecular weight is 278 g/mol. The van der Waals surface area contributed by atoms with Gasteiger partial charge in [0.2, 0.25) is 0 Å². The van der Waals surface area contributed by atoms with Crippen LogP contribution in [0.15, 0.2) is 29.8 Å². The number of nitrogens with zero attached hydrogens (tertiary/aromatic N) is 1. The lowest BCUT2D eigenvalue weighted by molar-refractivity contribution is 0.0939. The Balaban J connectivity index is 2.10. The average Bonchev–Trinajstić information content (AvgIpc) is 2.92. The second-order valence-electron chi connectivity index (χ2n) is 3.95. The van der Waals surface area contributed by atoms with E-state index in [4.69, 9.17) is 4.74 Å². The molecule has 0 saturated heterocycles. The second-order valence-corrected chi connectivity index (χ2v) is 4.88. The lowest BCUT2D eigenvalue weighted by atomic mass is 10.2. The fourth-order valence-corrected chi connectivity index (χ4v) is 2.27. The van der Waals surface area contributed by atoms with Crippen LogP contribution in [0.3, 0.4) is 0 Å². The van der Waals surface area contributed by atoms with Crippen molar-refractivity contribution in [1.82, 2.24) is 10.3 Å². The van der Waals surface area contributed by atoms with Gasteiger partial charge in [-0.15, -0.1) is 11.3 Å². The van der Waals surface area contributed by atoms with Crippen molar-refractivity contribution in [2.75, 3.05) is 7.11 Å². The first-order valence-corrected chi connectivity index (χ1v) is 6.57. The van der Waals surface area contributed by atoms with Gasteiger partial charge < -0.3 is 15.2 Å². The first-order chi connectivity index (χ1) is 9.11. The van der Waals surface area contributed by atoms with Crippen molar-refractivity contribution in [1.29, 1.82) is 0 Å². The van der Waals surface area contributed by atoms with E-state index in [0.29, 0.717) is 11.3 Å². The lowest BCUT2D eigenvalue weighted by Gasteiger charge is -2.12. The predicted molar refractivity (Wildman–Crippen MR) is 72.7 cm³/mol. The number of rotatable bonds is 4. The molecule has 1 atom stereocenters. The number of ether oxygens (including phenoxy) is 1. The van der Waals surface area contributed by atoms with Crippen LogP contribution in [0.4, 0.5) is 0 Å². The lowest BCUT2D eigenvalue weighted by Crippen LogP contribution is -2.26. The molecule has 0 saturated carbocycles. The highest BCUT2D eigenvalue weighted by molar-refractivity contribution is 7.09. The van der Waals surface area contributed by atoms with E-state index < -0.39 is 0 Å². The minimum atomic E-state index is -0.263. The summed E-state index contributed by atoms with van der Waals surface area (Å²) in [4.78, 5) is 16.2. The van der Waals surface area contributed by atoms with Gasteiger partial charge in [0.25, 0.3) is 5.91 Å². The van der Waals surface area contributed by atoms with Crippen LogP contribution in [-0.2, 0) is 0 Å². The summed E-state index contributed by atoms with van der Waals surface area (Å²) in [5.74, 6) is 0.0160. The second kappa shape index (κ2) is 5.71. The summed E-state index contributed by atoms with van der Waals surface area (Å²) >= 11 is 1.48. The van der Waals surface area contributed by atoms with Crippen molar-refractivity contribution < 1.29 is 14.6 Å². The molecular weight excluding hydrogens is 264 g/mol. The molecular formula is C13H14N2O3S. The van der Waals surface area contributed by atoms with Gasteiger partial charge in [-0.3, -0.25) is 4.79 Å². The topological polar surface area (TPSA) is 71.5 Å². The van der Waals surface area contributed by atoms with E-state index in [1.165, 1.54) is 24.5 Å². The molecule has 2 N–H and O–H groups in total. The quantitative estimate of drug-likeness (QED) is 0.900. The number of aromatic hydroxyl groups is 1. The third-order valence-corrected chi connectivity index (χ3v) is 3.57. The molecule has 0 aliphatic carbocycles. The molecule has 0 spiro atoms. The number of phenols is 1. The number of phenolic OH excluding ortho intramolecular Hbond substituents is 1. The molecule has 19 heavy (non-hydrogen) atoms. The van der Waals surface area contributed by atoms with Crippen LogP contribution in [0.2, 0.25) is 0 Å². The van der Waals surface area contributed by atoms with E-state index in [1.54, 1.807) is 18.3 Å². The number of aromatic nitrogens is 1. The maximum absolute atomic E-state index is 12.0. The zero-order valence-corrected chi connectivity index (χ0v) is 11.4. The van der Waals surface area contributed by atoms with Gasteiger partial charge in [0.1, 0.15) is 5.01 Å². The molecule has 100 valence electrons. The Labute approximate surface area is 114 Å². The Kier molecular flexibility index (Phi) is 4.01. The van der Waals surface area contributed by atoms with Gasteiger partial charge in [0.15, 0.2) is 11.5 Å². The molecule has 2 rings (SSSR count). The van der Waals surface area contributed by atoms with Crippen molar-refractivity contribution in [2.45, 2.75) is 13.0 Å². The Morgan fingerprint density at radius 1 is 1.53 bits per heavy atom. The number of methoxy groups -OCH3 is 1. The number of carbonyl (C=O) groups is 1. The molecule has 0 radical (unpaired) electrons. The van der Waals surface area contributed by atoms with Crippen LogP contribution < -0.4 is 10.1 Å². The van der Waals surface area contributed by atoms with Crippen molar-refractivity contribution in [3.8, 4) is 11.5 Å². The highest BCUT2D eigenvalue weighted by Gasteiger charge is 2.14. The van der Waals surface area contributed by atoms with E-state index in [9.17, 15) is 9.90 Å². The minimum Gasteiger partial charge on any atom is -0.504 e. The van der Waals surface area contributed by atoms with Crippen LogP contribution in [0, 0.1) is 0 Å². The van der Waals surface area contributed by atoms with Crippen LogP contribution in [0.5, 0.6) is 11.5 Å². The van der Waals surface area contributed by atoms with E-state index in [0.717, 1.165) is 5.01 Å². The van der Waals surface area contributed by atoms with Crippen molar-refractivity contribution in [2.24, 2.45) is 0 Å². The molecule has 0 fully saturated rings. The maximum atomic E-state index is 12.0. The third kappa shape index (κ3) is 3.03.